The van der Waals surface area contributed by atoms with Gasteiger partial charge in [-0.15, -0.1) is 0 Å². The van der Waals surface area contributed by atoms with Gasteiger partial charge < -0.3 is 19.0 Å². The Labute approximate surface area is 174 Å². The number of hydrogen-bond donors (Lipinski definition) is 1. The molecule has 3 rings (SSSR count). The third kappa shape index (κ3) is 4.49. The summed E-state index contributed by atoms with van der Waals surface area (Å²) >= 11 is 0. The first-order chi connectivity index (χ1) is 14.5. The first kappa shape index (κ1) is 22.2. The molecule has 2 aromatic heterocycles. The van der Waals surface area contributed by atoms with Crippen molar-refractivity contribution >= 4 is 0 Å². The summed E-state index contributed by atoms with van der Waals surface area (Å²) in [6, 6.07) is 4.54. The molecule has 31 heavy (non-hydrogen) atoms. The summed E-state index contributed by atoms with van der Waals surface area (Å²) < 4.78 is 57.0. The molecule has 0 radical (unpaired) electrons. The van der Waals surface area contributed by atoms with Crippen LogP contribution in [0.3, 0.4) is 0 Å². The maximum absolute atomic E-state index is 13.4. The minimum absolute atomic E-state index is 0.106. The predicted molar refractivity (Wildman–Crippen MR) is 103 cm³/mol. The molecular formula is C20H20F3N3O5. The van der Waals surface area contributed by atoms with Crippen LogP contribution in [0.5, 0.6) is 11.5 Å². The number of methoxy groups -OCH3 is 1. The molecule has 0 aliphatic rings. The Bertz CT molecular complexity index is 1200. The SMILES string of the molecule is COc1ccc(Cc2c(C(F)(F)F)[nH]c(=O)n(C)c2=O)cc1OCc1c(C)noc1C. The largest absolute Gasteiger partial charge is 0.493 e. The van der Waals surface area contributed by atoms with Crippen LogP contribution < -0.4 is 20.7 Å². The van der Waals surface area contributed by atoms with Crippen LogP contribution in [-0.2, 0) is 26.3 Å². The summed E-state index contributed by atoms with van der Waals surface area (Å²) in [7, 11) is 2.54. The first-order valence-electron chi connectivity index (χ1n) is 9.13. The zero-order valence-corrected chi connectivity index (χ0v) is 17.2. The first-order valence-corrected chi connectivity index (χ1v) is 9.13. The number of halogens is 3. The maximum atomic E-state index is 13.4. The van der Waals surface area contributed by atoms with Crippen LogP contribution in [0.2, 0.25) is 0 Å². The molecule has 0 aliphatic heterocycles. The van der Waals surface area contributed by atoms with Gasteiger partial charge in [-0.05, 0) is 31.5 Å². The molecule has 1 aromatic carbocycles. The third-order valence-electron chi connectivity index (χ3n) is 4.85. The second-order valence-electron chi connectivity index (χ2n) is 6.90. The van der Waals surface area contributed by atoms with Gasteiger partial charge in [-0.2, -0.15) is 13.2 Å². The Hall–Kier alpha value is -3.50. The van der Waals surface area contributed by atoms with E-state index in [1.807, 2.05) is 0 Å². The van der Waals surface area contributed by atoms with Crippen molar-refractivity contribution in [3.8, 4) is 11.5 Å². The number of rotatable bonds is 6. The smallest absolute Gasteiger partial charge is 0.431 e. The molecule has 11 heteroatoms. The van der Waals surface area contributed by atoms with Crippen LogP contribution in [0.15, 0.2) is 32.3 Å². The molecule has 0 fully saturated rings. The van der Waals surface area contributed by atoms with E-state index in [2.05, 4.69) is 5.16 Å². The van der Waals surface area contributed by atoms with Gasteiger partial charge in [0.1, 0.15) is 18.1 Å². The summed E-state index contributed by atoms with van der Waals surface area (Å²) in [5, 5.41) is 3.84. The van der Waals surface area contributed by atoms with Crippen molar-refractivity contribution in [3.05, 3.63) is 72.9 Å². The molecular weight excluding hydrogens is 419 g/mol. The van der Waals surface area contributed by atoms with Crippen LogP contribution in [0, 0.1) is 13.8 Å². The van der Waals surface area contributed by atoms with E-state index < -0.39 is 28.7 Å². The van der Waals surface area contributed by atoms with Gasteiger partial charge in [-0.3, -0.25) is 9.36 Å². The van der Waals surface area contributed by atoms with Gasteiger partial charge in [0, 0.05) is 13.5 Å². The van der Waals surface area contributed by atoms with Gasteiger partial charge in [0.15, 0.2) is 11.5 Å². The number of aryl methyl sites for hydroxylation is 2. The summed E-state index contributed by atoms with van der Waals surface area (Å²) in [6.07, 6.45) is -5.26. The fourth-order valence-corrected chi connectivity index (χ4v) is 3.08. The summed E-state index contributed by atoms with van der Waals surface area (Å²) in [5.41, 5.74) is -2.35. The van der Waals surface area contributed by atoms with Crippen LogP contribution >= 0.6 is 0 Å². The molecule has 0 saturated carbocycles. The van der Waals surface area contributed by atoms with E-state index >= 15 is 0 Å². The van der Waals surface area contributed by atoms with Crippen LogP contribution in [-0.4, -0.2) is 21.8 Å². The molecule has 0 aliphatic carbocycles. The van der Waals surface area contributed by atoms with Gasteiger partial charge >= 0.3 is 11.9 Å². The number of benzene rings is 1. The van der Waals surface area contributed by atoms with E-state index in [0.29, 0.717) is 27.3 Å². The minimum Gasteiger partial charge on any atom is -0.493 e. The van der Waals surface area contributed by atoms with Crippen molar-refractivity contribution in [3.63, 3.8) is 0 Å². The van der Waals surface area contributed by atoms with Crippen molar-refractivity contribution in [2.75, 3.05) is 7.11 Å². The van der Waals surface area contributed by atoms with Crippen molar-refractivity contribution in [2.24, 2.45) is 7.05 Å². The number of aromatic amines is 1. The molecule has 0 spiro atoms. The fourth-order valence-electron chi connectivity index (χ4n) is 3.08. The lowest BCUT2D eigenvalue weighted by Gasteiger charge is -2.15. The Morgan fingerprint density at radius 1 is 1.16 bits per heavy atom. The Morgan fingerprint density at radius 3 is 2.45 bits per heavy atom. The maximum Gasteiger partial charge on any atom is 0.431 e. The second kappa shape index (κ2) is 8.32. The van der Waals surface area contributed by atoms with E-state index in [9.17, 15) is 22.8 Å². The van der Waals surface area contributed by atoms with Gasteiger partial charge in [-0.1, -0.05) is 11.2 Å². The Balaban J connectivity index is 1.98. The molecule has 8 nitrogen and oxygen atoms in total. The van der Waals surface area contributed by atoms with Crippen LogP contribution in [0.1, 0.15) is 33.8 Å². The lowest BCUT2D eigenvalue weighted by atomic mass is 10.0. The van der Waals surface area contributed by atoms with E-state index in [4.69, 9.17) is 14.0 Å². The highest BCUT2D eigenvalue weighted by Gasteiger charge is 2.36. The van der Waals surface area contributed by atoms with Gasteiger partial charge in [0.2, 0.25) is 0 Å². The topological polar surface area (TPSA) is 99.4 Å². The molecule has 0 saturated heterocycles. The highest BCUT2D eigenvalue weighted by atomic mass is 19.4. The zero-order valence-electron chi connectivity index (χ0n) is 17.2. The van der Waals surface area contributed by atoms with Crippen molar-refractivity contribution in [1.82, 2.24) is 14.7 Å². The number of nitrogens with zero attached hydrogens (tertiary/aromatic N) is 2. The number of H-pyrrole nitrogens is 1. The highest BCUT2D eigenvalue weighted by molar-refractivity contribution is 5.44. The Kier molecular flexibility index (Phi) is 5.96. The molecule has 0 bridgehead atoms. The summed E-state index contributed by atoms with van der Waals surface area (Å²) in [4.78, 5) is 25.8. The molecule has 0 atom stereocenters. The standard InChI is InChI=1S/C20H20F3N3O5/c1-10-14(11(2)31-25-10)9-30-16-8-12(5-6-15(16)29-4)7-13-17(20(21,22)23)24-19(28)26(3)18(13)27/h5-6,8H,7,9H2,1-4H3,(H,24,28). The average Bonchev–Trinajstić information content (AvgIpc) is 3.03. The minimum atomic E-state index is -4.89. The van der Waals surface area contributed by atoms with Crippen LogP contribution in [0.4, 0.5) is 13.2 Å². The number of aromatic nitrogens is 3. The van der Waals surface area contributed by atoms with Gasteiger partial charge in [0.05, 0.1) is 23.9 Å². The Morgan fingerprint density at radius 2 is 1.87 bits per heavy atom. The van der Waals surface area contributed by atoms with Crippen molar-refractivity contribution in [1.29, 1.82) is 0 Å². The number of alkyl halides is 3. The van der Waals surface area contributed by atoms with Crippen molar-refractivity contribution < 1.29 is 27.2 Å². The lowest BCUT2D eigenvalue weighted by molar-refractivity contribution is -0.142. The highest BCUT2D eigenvalue weighted by Crippen LogP contribution is 2.32. The molecule has 3 aromatic rings. The van der Waals surface area contributed by atoms with E-state index in [1.165, 1.54) is 25.3 Å². The van der Waals surface area contributed by atoms with E-state index in [1.54, 1.807) is 18.8 Å². The van der Waals surface area contributed by atoms with Crippen LogP contribution in [0.25, 0.3) is 0 Å². The normalized spacial score (nSPS) is 11.6. The average molecular weight is 439 g/mol. The third-order valence-corrected chi connectivity index (χ3v) is 4.85. The summed E-state index contributed by atoms with van der Waals surface area (Å²) in [5.74, 6) is 1.22. The quantitative estimate of drug-likeness (QED) is 0.634. The van der Waals surface area contributed by atoms with Crippen molar-refractivity contribution in [2.45, 2.75) is 33.1 Å². The van der Waals surface area contributed by atoms with Gasteiger partial charge in [-0.25, -0.2) is 4.79 Å². The second-order valence-corrected chi connectivity index (χ2v) is 6.90. The molecule has 166 valence electrons. The lowest BCUT2D eigenvalue weighted by Crippen LogP contribution is -2.38. The number of hydrogen-bond acceptors (Lipinski definition) is 6. The fraction of sp³-hybridized carbons (Fsp3) is 0.350. The number of nitrogens with one attached hydrogen (secondary N) is 1. The molecule has 0 unspecified atom stereocenters. The monoisotopic (exact) mass is 439 g/mol. The van der Waals surface area contributed by atoms with E-state index in [-0.39, 0.29) is 18.8 Å². The van der Waals surface area contributed by atoms with E-state index in [0.717, 1.165) is 12.6 Å². The molecule has 1 N–H and O–H groups in total. The molecule has 0 amide bonds. The van der Waals surface area contributed by atoms with Gasteiger partial charge in [0.25, 0.3) is 5.56 Å². The zero-order chi connectivity index (χ0) is 22.9. The summed E-state index contributed by atoms with van der Waals surface area (Å²) in [6.45, 7) is 3.60. The number of ether oxygens (including phenoxy) is 2. The molecule has 2 heterocycles. The predicted octanol–water partition coefficient (Wildman–Crippen LogP) is 2.88.